The molecule has 3 heterocycles. The van der Waals surface area contributed by atoms with Crippen LogP contribution in [0.25, 0.3) is 0 Å². The van der Waals surface area contributed by atoms with Crippen LogP contribution in [0.2, 0.25) is 0 Å². The van der Waals surface area contributed by atoms with Gasteiger partial charge in [-0.3, -0.25) is 47.9 Å². The van der Waals surface area contributed by atoms with Crippen LogP contribution in [0.3, 0.4) is 0 Å². The van der Waals surface area contributed by atoms with Gasteiger partial charge in [0.25, 0.3) is 0 Å². The molecule has 24 nitrogen and oxygen atoms in total. The second-order valence-corrected chi connectivity index (χ2v) is 55.5. The molecule has 18 bridgehead atoms. The number of hydrogen-bond acceptors (Lipinski definition) is 24. The van der Waals surface area contributed by atoms with Crippen LogP contribution in [-0.4, -0.2) is 153 Å². The third-order valence-corrected chi connectivity index (χ3v) is 40.3. The summed E-state index contributed by atoms with van der Waals surface area (Å²) in [5, 5.41) is 21.3. The van der Waals surface area contributed by atoms with Crippen LogP contribution in [0.1, 0.15) is 465 Å². The Morgan fingerprint density at radius 1 is 0.371 bits per heavy atom. The van der Waals surface area contributed by atoms with E-state index in [-0.39, 0.29) is 147 Å². The number of ether oxygens (including phenoxy) is 11. The summed E-state index contributed by atoms with van der Waals surface area (Å²) >= 11 is 0. The summed E-state index contributed by atoms with van der Waals surface area (Å²) in [5.74, 6) is 8.37. The number of carbonyl (C=O) groups is 11. The van der Waals surface area contributed by atoms with Crippen LogP contribution in [0.4, 0.5) is 0 Å². The van der Waals surface area contributed by atoms with Crippen molar-refractivity contribution < 1.29 is 115 Å². The Kier molecular flexibility index (Phi) is 36.6. The topological polar surface area (TPSA) is 330 Å². The fourth-order valence-corrected chi connectivity index (χ4v) is 28.3. The van der Waals surface area contributed by atoms with Crippen LogP contribution in [0.5, 0.6) is 0 Å². The van der Waals surface area contributed by atoms with Gasteiger partial charge in [0.2, 0.25) is 6.10 Å². The summed E-state index contributed by atoms with van der Waals surface area (Å²) in [4.78, 5) is 131. The number of aliphatic hydroxyl groups is 2. The van der Waals surface area contributed by atoms with Gasteiger partial charge in [-0.15, -0.1) is 0 Å². The molecule has 11 unspecified atom stereocenters. The third-order valence-electron chi connectivity index (χ3n) is 40.3. The minimum absolute atomic E-state index is 0.00857. The number of carbonyl (C=O) groups excluding carboxylic acids is 11. The van der Waals surface area contributed by atoms with Gasteiger partial charge < -0.3 is 62.3 Å². The number of rotatable bonds is 27. The maximum Gasteiger partial charge on any atom is 0.347 e. The highest BCUT2D eigenvalue weighted by Gasteiger charge is 2.67. The smallest absolute Gasteiger partial charge is 0.347 e. The molecule has 143 heavy (non-hydrogen) atoms. The van der Waals surface area contributed by atoms with Crippen molar-refractivity contribution in [1.29, 1.82) is 0 Å². The first-order chi connectivity index (χ1) is 66.1. The molecule has 3 aliphatic heterocycles. The highest BCUT2D eigenvalue weighted by atomic mass is 16.6. The number of esters is 11. The molecule has 816 valence electrons. The third kappa shape index (κ3) is 27.0. The second kappa shape index (κ2) is 44.6. The van der Waals surface area contributed by atoms with Gasteiger partial charge in [0.1, 0.15) is 52.9 Å². The fraction of sp³-hybridized carbons (Fsp3) is 0.908. The van der Waals surface area contributed by atoms with E-state index in [9.17, 15) is 63.0 Å². The van der Waals surface area contributed by atoms with Crippen molar-refractivity contribution in [2.75, 3.05) is 13.2 Å². The van der Waals surface area contributed by atoms with Gasteiger partial charge in [0.15, 0.2) is 0 Å². The lowest BCUT2D eigenvalue weighted by Crippen LogP contribution is -2.61. The van der Waals surface area contributed by atoms with E-state index < -0.39 is 50.4 Å². The van der Waals surface area contributed by atoms with Crippen molar-refractivity contribution in [1.82, 2.24) is 0 Å². The first-order valence-electron chi connectivity index (χ1n) is 56.9. The number of hydrogen-bond donors (Lipinski definition) is 2. The summed E-state index contributed by atoms with van der Waals surface area (Å²) in [6.07, 6.45) is 39.3. The first-order valence-corrected chi connectivity index (χ1v) is 56.9. The number of fused-ring (bicyclic) bond motifs is 1. The monoisotopic (exact) mass is 2010 g/mol. The molecule has 0 radical (unpaired) electrons. The van der Waals surface area contributed by atoms with Gasteiger partial charge in [-0.25, -0.2) is 4.79 Å². The van der Waals surface area contributed by atoms with Crippen molar-refractivity contribution in [3.63, 3.8) is 0 Å². The molecule has 11 atom stereocenters. The van der Waals surface area contributed by atoms with Gasteiger partial charge in [-0.2, -0.15) is 0 Å². The van der Waals surface area contributed by atoms with E-state index in [4.69, 9.17) is 52.1 Å². The highest BCUT2D eigenvalue weighted by molar-refractivity contribution is 5.84. The van der Waals surface area contributed by atoms with E-state index in [2.05, 4.69) is 55.4 Å². The van der Waals surface area contributed by atoms with E-state index in [0.29, 0.717) is 92.0 Å². The molecule has 19 saturated carbocycles. The van der Waals surface area contributed by atoms with Crippen molar-refractivity contribution in [3.05, 3.63) is 0 Å². The Balaban J connectivity index is 0.000000156. The molecule has 22 rings (SSSR count). The average molecular weight is 2010 g/mol. The van der Waals surface area contributed by atoms with Crippen molar-refractivity contribution in [3.8, 4) is 0 Å². The van der Waals surface area contributed by atoms with Crippen LogP contribution >= 0.6 is 0 Å². The Morgan fingerprint density at radius 2 is 0.734 bits per heavy atom. The summed E-state index contributed by atoms with van der Waals surface area (Å²) < 4.78 is 60.9. The molecule has 19 aliphatic carbocycles. The van der Waals surface area contributed by atoms with Crippen LogP contribution in [-0.2, 0) is 105 Å². The standard InChI is InChI=1S/C19H32O2.C18H30O2.2C16H26O3.C16H30O2.C14H20O4.2C10H16O4/c1-6-17(2,3)16(20)21-18(4,5)19-10-13-7-14(11-19)9-15(8-13)12-19;1-5-17(3,4)16(19)20-18(6-2)14-8-12-7-13(10-14)11-15(18)9-12;2*1-4-14(2,3)13(17)19-16-8-11-5-12(9-16)7-15(18,6-11)10-16;1-7-15(3,4)14(17)18-16(5,6)13-10-8-12(2)9-11-13;1-4-14(2,3)13(16)18-10-7-5-8-9(6-7)12(15)17-11(8)10;1-4-10(2,3)9(12)14-7-5-8(11)13-6-7;1-4-10(2,3)9(12)14-7-5-6-13-8(7)11/h13-15H,6-12H2,1-5H3;12-15H,5-11H2,1-4H3;2*11-12,18H,4-10H2,1-3H3;12-13H,7-11H2,1-6H3;7-11H,4-6H2,1-3H3;2*7H,4-6H2,1-3H3. The highest BCUT2D eigenvalue weighted by Crippen LogP contribution is 2.67. The summed E-state index contributed by atoms with van der Waals surface area (Å²) in [5.41, 5.74) is -5.67. The summed E-state index contributed by atoms with van der Waals surface area (Å²) in [6, 6.07) is 0. The van der Waals surface area contributed by atoms with Crippen molar-refractivity contribution in [2.45, 2.75) is 528 Å². The molecular weight excluding hydrogens is 1810 g/mol. The average Bonchev–Trinajstić information content (AvgIpc) is 1.65. The lowest BCUT2D eigenvalue weighted by atomic mass is 9.46. The minimum atomic E-state index is -0.687. The van der Waals surface area contributed by atoms with Gasteiger partial charge >= 0.3 is 65.7 Å². The lowest BCUT2D eigenvalue weighted by molar-refractivity contribution is -0.226. The largest absolute Gasteiger partial charge is 0.463 e. The maximum atomic E-state index is 12.6. The molecule has 0 aromatic heterocycles. The molecule has 24 heteroatoms. The SMILES string of the molecule is CCC(C)(C)C(=O)OC(C)(C)C12CC3CC(CC(C3)C1)C2.CCC(C)(C)C(=O)OC(C)(C)C1CCC(C)CC1.CCC(C)(C)C(=O)OC1(CC)C2CC3CC(C2)CC1C3.CCC(C)(C)C(=O)OC12CC3CC(CC(O)(C3)C1)C2.CCC(C)(C)C(=O)OC12CC3CC(CC(O)(C3)C1)C2.CCC(C)(C)C(=O)OC1C2CC3C(=O)OC1C3C2.CCC(C)(C)C(=O)OC1CCOC1=O.CCC(C)(C)C(=O)OC1COC(=O)C1. The molecule has 22 aliphatic rings. The Morgan fingerprint density at radius 3 is 1.10 bits per heavy atom. The van der Waals surface area contributed by atoms with E-state index >= 15 is 0 Å². The molecule has 0 aromatic rings. The Bertz CT molecular complexity index is 4270. The van der Waals surface area contributed by atoms with Crippen molar-refractivity contribution >= 4 is 65.7 Å². The summed E-state index contributed by atoms with van der Waals surface area (Å²) in [7, 11) is 0. The van der Waals surface area contributed by atoms with Gasteiger partial charge in [-0.05, 0) is 434 Å². The normalized spacial score (nSPS) is 36.2. The predicted octanol–water partition coefficient (Wildman–Crippen LogP) is 24.7. The molecule has 22 fully saturated rings. The first kappa shape index (κ1) is 117. The zero-order chi connectivity index (χ0) is 106. The van der Waals surface area contributed by atoms with Gasteiger partial charge in [-0.1, -0.05) is 82.1 Å². The molecule has 0 aromatic carbocycles. The fourth-order valence-electron chi connectivity index (χ4n) is 28.3. The van der Waals surface area contributed by atoms with Crippen LogP contribution in [0.15, 0.2) is 0 Å². The minimum Gasteiger partial charge on any atom is -0.463 e. The Hall–Kier alpha value is -5.91. The molecular formula is C119H196O24. The Labute approximate surface area is 860 Å². The maximum absolute atomic E-state index is 12.6. The van der Waals surface area contributed by atoms with E-state index in [1.807, 2.05) is 138 Å². The van der Waals surface area contributed by atoms with Gasteiger partial charge in [0.05, 0.1) is 73.5 Å². The quantitative estimate of drug-likeness (QED) is 0.0570. The molecule has 2 N–H and O–H groups in total. The van der Waals surface area contributed by atoms with E-state index in [1.165, 1.54) is 109 Å². The molecule has 0 amide bonds. The van der Waals surface area contributed by atoms with Crippen molar-refractivity contribution in [2.24, 2.45) is 143 Å². The number of cyclic esters (lactones) is 2. The van der Waals surface area contributed by atoms with Crippen LogP contribution in [0, 0.1) is 143 Å². The van der Waals surface area contributed by atoms with E-state index in [0.717, 1.165) is 145 Å². The lowest BCUT2D eigenvalue weighted by Gasteiger charge is -2.61. The van der Waals surface area contributed by atoms with E-state index in [1.54, 1.807) is 13.8 Å². The van der Waals surface area contributed by atoms with Crippen LogP contribution < -0.4 is 0 Å². The van der Waals surface area contributed by atoms with Gasteiger partial charge in [0, 0.05) is 36.5 Å². The molecule has 0 spiro atoms. The second-order valence-electron chi connectivity index (χ2n) is 55.5. The predicted molar refractivity (Wildman–Crippen MR) is 548 cm³/mol. The molecule has 3 saturated heterocycles. The zero-order valence-corrected chi connectivity index (χ0v) is 94.6. The zero-order valence-electron chi connectivity index (χ0n) is 94.6. The summed E-state index contributed by atoms with van der Waals surface area (Å²) in [6.45, 7) is 60.5.